The lowest BCUT2D eigenvalue weighted by Gasteiger charge is -2.37. The predicted molar refractivity (Wildman–Crippen MR) is 284 cm³/mol. The Morgan fingerprint density at radius 1 is 0.647 bits per heavy atom. The number of allylic oxidation sites excluding steroid dienone is 5. The van der Waals surface area contributed by atoms with E-state index in [0.29, 0.717) is 0 Å². The number of aliphatic imine (C=N–C) groups is 1. The van der Waals surface area contributed by atoms with Gasteiger partial charge in [0.15, 0.2) is 0 Å². The molecule has 3 aliphatic carbocycles. The van der Waals surface area contributed by atoms with Gasteiger partial charge in [0.2, 0.25) is 0 Å². The quantitative estimate of drug-likeness (QED) is 0.167. The second kappa shape index (κ2) is 15.4. The minimum Gasteiger partial charge on any atom is -0.455 e. The number of hydrogen-bond acceptors (Lipinski definition) is 5. The van der Waals surface area contributed by atoms with Crippen LogP contribution in [0.15, 0.2) is 184 Å². The van der Waals surface area contributed by atoms with E-state index in [1.807, 2.05) is 6.20 Å². The fourth-order valence-electron chi connectivity index (χ4n) is 11.6. The number of aryl methyl sites for hydroxylation is 1. The Hall–Kier alpha value is -7.24. The second-order valence-corrected chi connectivity index (χ2v) is 21.4. The van der Waals surface area contributed by atoms with Gasteiger partial charge < -0.3 is 9.32 Å². The van der Waals surface area contributed by atoms with Gasteiger partial charge >= 0.3 is 0 Å². The summed E-state index contributed by atoms with van der Waals surface area (Å²) in [6.45, 7) is 18.0. The van der Waals surface area contributed by atoms with Gasteiger partial charge in [-0.3, -0.25) is 9.89 Å². The Balaban J connectivity index is 1.18. The fourth-order valence-corrected chi connectivity index (χ4v) is 11.6. The van der Waals surface area contributed by atoms with Crippen molar-refractivity contribution in [1.29, 1.82) is 0 Å². The highest BCUT2D eigenvalue weighted by Gasteiger charge is 2.53. The van der Waals surface area contributed by atoms with E-state index in [2.05, 4.69) is 223 Å². The molecule has 68 heavy (non-hydrogen) atoms. The van der Waals surface area contributed by atoms with Gasteiger partial charge in [-0.25, -0.2) is 4.98 Å². The van der Waals surface area contributed by atoms with Crippen molar-refractivity contribution in [3.05, 3.63) is 208 Å². The van der Waals surface area contributed by atoms with Crippen molar-refractivity contribution in [2.24, 2.45) is 10.4 Å². The number of para-hydroxylation sites is 1. The molecule has 0 N–H and O–H groups in total. The van der Waals surface area contributed by atoms with Gasteiger partial charge in [0.05, 0.1) is 16.5 Å². The van der Waals surface area contributed by atoms with Crippen LogP contribution < -0.4 is 9.80 Å². The first-order valence-corrected chi connectivity index (χ1v) is 24.4. The number of furan rings is 1. The summed E-state index contributed by atoms with van der Waals surface area (Å²) < 4.78 is 7.29. The van der Waals surface area contributed by atoms with Crippen LogP contribution in [0.25, 0.3) is 44.2 Å². The van der Waals surface area contributed by atoms with E-state index in [0.717, 1.165) is 75.2 Å². The van der Waals surface area contributed by atoms with Gasteiger partial charge in [-0.05, 0) is 142 Å². The van der Waals surface area contributed by atoms with Crippen molar-refractivity contribution in [2.75, 3.05) is 9.80 Å². The Kier molecular flexibility index (Phi) is 9.54. The topological polar surface area (TPSA) is 44.9 Å². The molecule has 4 aliphatic rings. The third kappa shape index (κ3) is 6.42. The molecule has 336 valence electrons. The van der Waals surface area contributed by atoms with Crippen LogP contribution in [-0.4, -0.2) is 17.4 Å². The summed E-state index contributed by atoms with van der Waals surface area (Å²) in [6, 6.07) is 49.9. The Labute approximate surface area is 400 Å². The molecule has 1 aliphatic heterocycles. The zero-order chi connectivity index (χ0) is 46.7. The molecule has 8 aromatic rings. The van der Waals surface area contributed by atoms with E-state index in [1.165, 1.54) is 61.4 Å². The molecule has 2 aromatic heterocycles. The van der Waals surface area contributed by atoms with Crippen molar-refractivity contribution >= 4 is 51.0 Å². The molecule has 0 saturated heterocycles. The van der Waals surface area contributed by atoms with Crippen molar-refractivity contribution in [2.45, 2.75) is 91.6 Å². The van der Waals surface area contributed by atoms with Crippen molar-refractivity contribution < 1.29 is 4.42 Å². The van der Waals surface area contributed by atoms with E-state index in [9.17, 15) is 0 Å². The van der Waals surface area contributed by atoms with Gasteiger partial charge in [0.25, 0.3) is 0 Å². The van der Waals surface area contributed by atoms with E-state index < -0.39 is 5.41 Å². The Morgan fingerprint density at radius 2 is 1.35 bits per heavy atom. The van der Waals surface area contributed by atoms with Crippen molar-refractivity contribution in [3.8, 4) is 22.3 Å². The average Bonchev–Trinajstić information content (AvgIpc) is 3.97. The Bertz CT molecular complexity index is 3430. The minimum absolute atomic E-state index is 0.00147. The summed E-state index contributed by atoms with van der Waals surface area (Å²) in [5, 5.41) is 2.15. The summed E-state index contributed by atoms with van der Waals surface area (Å²) in [4.78, 5) is 15.3. The highest BCUT2D eigenvalue weighted by molar-refractivity contribution is 6.19. The predicted octanol–water partition coefficient (Wildman–Crippen LogP) is 16.6. The summed E-state index contributed by atoms with van der Waals surface area (Å²) in [7, 11) is 0. The molecule has 0 fully saturated rings. The maximum atomic E-state index is 7.29. The number of anilines is 4. The van der Waals surface area contributed by atoms with Crippen LogP contribution in [0.3, 0.4) is 0 Å². The molecular formula is C63H58N4O. The third-order valence-corrected chi connectivity index (χ3v) is 15.1. The number of rotatable bonds is 6. The molecule has 1 atom stereocenters. The first-order valence-electron chi connectivity index (χ1n) is 24.4. The van der Waals surface area contributed by atoms with Gasteiger partial charge in [0.1, 0.15) is 23.1 Å². The molecule has 5 heteroatoms. The number of hydrogen-bond donors (Lipinski definition) is 0. The number of nitrogens with zero attached hydrogens (tertiary/aromatic N) is 4. The highest BCUT2D eigenvalue weighted by atomic mass is 16.3. The zero-order valence-electron chi connectivity index (χ0n) is 40.5. The number of fused-ring (bicyclic) bond motifs is 14. The minimum atomic E-state index is -0.670. The van der Waals surface area contributed by atoms with Crippen LogP contribution >= 0.6 is 0 Å². The molecule has 1 spiro atoms. The number of dihydropyridines is 1. The molecule has 1 unspecified atom stereocenters. The second-order valence-electron chi connectivity index (χ2n) is 21.4. The summed E-state index contributed by atoms with van der Waals surface area (Å²) >= 11 is 0. The van der Waals surface area contributed by atoms with E-state index in [1.54, 1.807) is 0 Å². The monoisotopic (exact) mass is 886 g/mol. The van der Waals surface area contributed by atoms with Crippen LogP contribution in [-0.2, 0) is 10.8 Å². The fraction of sp³-hybridized carbons (Fsp3) is 0.238. The van der Waals surface area contributed by atoms with Crippen molar-refractivity contribution in [1.82, 2.24) is 4.98 Å². The van der Waals surface area contributed by atoms with Gasteiger partial charge in [0, 0.05) is 46.9 Å². The largest absolute Gasteiger partial charge is 0.455 e. The van der Waals surface area contributed by atoms with E-state index in [4.69, 9.17) is 14.4 Å². The standard InChI is InChI=1S/C63H58N4O/c1-39-21-33-56(64-37-39)66(43-27-23-41(24-28-43)61(3,4)5)45-31-32-48-52(35-45)63(50-18-12-9-15-46(50)47-16-10-13-19-51(47)63)53-36-54(59-49-17-11-14-20-55(49)68-60(59)58(48)53)67(57-34-22-40(2)38-65-57)44-29-25-42(26-30-44)62(6,7)8/h9-23,25-27,29-32,34-38,56H,24,28,33H2,1-8H3. The van der Waals surface area contributed by atoms with Gasteiger partial charge in [-0.2, -0.15) is 0 Å². The lowest BCUT2D eigenvalue weighted by Crippen LogP contribution is -2.35. The number of aromatic nitrogens is 1. The van der Waals surface area contributed by atoms with E-state index >= 15 is 0 Å². The molecule has 3 heterocycles. The lowest BCUT2D eigenvalue weighted by atomic mass is 9.70. The van der Waals surface area contributed by atoms with E-state index in [-0.39, 0.29) is 17.0 Å². The van der Waals surface area contributed by atoms with Gasteiger partial charge in [-0.15, -0.1) is 0 Å². The smallest absolute Gasteiger partial charge is 0.145 e. The van der Waals surface area contributed by atoms with Crippen LogP contribution in [0.2, 0.25) is 0 Å². The molecule has 12 rings (SSSR count). The van der Waals surface area contributed by atoms with Crippen molar-refractivity contribution in [3.63, 3.8) is 0 Å². The van der Waals surface area contributed by atoms with Crippen LogP contribution in [0.5, 0.6) is 0 Å². The maximum absolute atomic E-state index is 7.29. The molecule has 0 saturated carbocycles. The Morgan fingerprint density at radius 3 is 2.00 bits per heavy atom. The number of pyridine rings is 1. The number of benzene rings is 6. The van der Waals surface area contributed by atoms with Crippen LogP contribution in [0.4, 0.5) is 22.9 Å². The van der Waals surface area contributed by atoms with Crippen LogP contribution in [0.1, 0.15) is 101 Å². The normalized spacial score (nSPS) is 16.8. The summed E-state index contributed by atoms with van der Waals surface area (Å²) in [6.07, 6.45) is 13.9. The molecule has 6 aromatic carbocycles. The maximum Gasteiger partial charge on any atom is 0.145 e. The van der Waals surface area contributed by atoms with Crippen LogP contribution in [0, 0.1) is 12.3 Å². The molecule has 5 nitrogen and oxygen atoms in total. The summed E-state index contributed by atoms with van der Waals surface area (Å²) in [5.74, 6) is 0.849. The first kappa shape index (κ1) is 42.1. The first-order chi connectivity index (χ1) is 32.8. The molecule has 0 bridgehead atoms. The zero-order valence-corrected chi connectivity index (χ0v) is 40.5. The molecule has 0 radical (unpaired) electrons. The SMILES string of the molecule is CC1=CCC(N(C2=CC=C(C(C)(C)C)CC2)c2ccc3c(c2)C2(c4ccccc4-c4ccccc42)c2cc(N(c4ccc(C(C)(C)C)cc4)c4ccc(C)cn4)c4c(oc5ccccc54)c2-3)N=C1. The average molecular weight is 887 g/mol. The third-order valence-electron chi connectivity index (χ3n) is 15.1. The molecular weight excluding hydrogens is 829 g/mol. The highest BCUT2D eigenvalue weighted by Crippen LogP contribution is 2.66. The lowest BCUT2D eigenvalue weighted by molar-refractivity contribution is 0.476. The summed E-state index contributed by atoms with van der Waals surface area (Å²) in [5.41, 5.74) is 20.7. The van der Waals surface area contributed by atoms with Gasteiger partial charge in [-0.1, -0.05) is 150 Å². The molecule has 0 amide bonds.